The van der Waals surface area contributed by atoms with Crippen LogP contribution < -0.4 is 9.47 Å². The number of benzene rings is 2. The summed E-state index contributed by atoms with van der Waals surface area (Å²) in [6.45, 7) is 2.51. The number of nitrogens with zero attached hydrogens (tertiary/aromatic N) is 2. The Bertz CT molecular complexity index is 981. The lowest BCUT2D eigenvalue weighted by Crippen LogP contribution is -1.99. The van der Waals surface area contributed by atoms with Gasteiger partial charge in [0.2, 0.25) is 5.82 Å². The van der Waals surface area contributed by atoms with Crippen LogP contribution in [0.4, 0.5) is 0 Å². The van der Waals surface area contributed by atoms with Gasteiger partial charge in [-0.3, -0.25) is 0 Å². The molecule has 0 radical (unpaired) electrons. The predicted octanol–water partition coefficient (Wildman–Crippen LogP) is 3.12. The number of hydrogen-bond acceptors (Lipinski definition) is 7. The summed E-state index contributed by atoms with van der Waals surface area (Å²) in [5.74, 6) is 1.91. The summed E-state index contributed by atoms with van der Waals surface area (Å²) in [5, 5.41) is 3.96. The Kier molecular flexibility index (Phi) is 5.22. The van der Waals surface area contributed by atoms with Crippen LogP contribution in [0.15, 0.2) is 57.9 Å². The van der Waals surface area contributed by atoms with Crippen LogP contribution in [-0.4, -0.2) is 31.4 Å². The predicted molar refractivity (Wildman–Crippen MR) is 94.8 cm³/mol. The quantitative estimate of drug-likeness (QED) is 0.627. The molecule has 7 nitrogen and oxygen atoms in total. The van der Waals surface area contributed by atoms with Crippen LogP contribution in [0.1, 0.15) is 12.8 Å². The number of hydrogen-bond donors (Lipinski definition) is 0. The SMILES string of the molecule is CCOc1ccccc1-c1noc(COc2ccc(S(C)(=O)=O)cc2)n1. The molecule has 0 saturated carbocycles. The molecule has 0 spiro atoms. The van der Waals surface area contributed by atoms with Crippen molar-refractivity contribution in [2.45, 2.75) is 18.4 Å². The highest BCUT2D eigenvalue weighted by molar-refractivity contribution is 7.90. The summed E-state index contributed by atoms with van der Waals surface area (Å²) in [4.78, 5) is 4.55. The highest BCUT2D eigenvalue weighted by atomic mass is 32.2. The lowest BCUT2D eigenvalue weighted by molar-refractivity contribution is 0.243. The fourth-order valence-corrected chi connectivity index (χ4v) is 2.91. The van der Waals surface area contributed by atoms with Crippen LogP contribution >= 0.6 is 0 Å². The Morgan fingerprint density at radius 1 is 1.04 bits per heavy atom. The Labute approximate surface area is 151 Å². The molecule has 0 aliphatic carbocycles. The van der Waals surface area contributed by atoms with Crippen molar-refractivity contribution in [1.82, 2.24) is 10.1 Å². The van der Waals surface area contributed by atoms with Gasteiger partial charge >= 0.3 is 0 Å². The van der Waals surface area contributed by atoms with Crippen molar-refractivity contribution in [2.24, 2.45) is 0 Å². The van der Waals surface area contributed by atoms with Gasteiger partial charge in [-0.25, -0.2) is 8.42 Å². The molecule has 3 aromatic rings. The molecule has 0 saturated heterocycles. The first-order chi connectivity index (χ1) is 12.5. The molecule has 8 heteroatoms. The Morgan fingerprint density at radius 2 is 1.77 bits per heavy atom. The van der Waals surface area contributed by atoms with Gasteiger partial charge in [0, 0.05) is 6.26 Å². The van der Waals surface area contributed by atoms with E-state index in [-0.39, 0.29) is 11.5 Å². The van der Waals surface area contributed by atoms with E-state index in [0.29, 0.717) is 29.8 Å². The van der Waals surface area contributed by atoms with E-state index in [0.717, 1.165) is 11.8 Å². The fraction of sp³-hybridized carbons (Fsp3) is 0.222. The van der Waals surface area contributed by atoms with E-state index >= 15 is 0 Å². The van der Waals surface area contributed by atoms with E-state index in [9.17, 15) is 8.42 Å². The van der Waals surface area contributed by atoms with Crippen molar-refractivity contribution in [2.75, 3.05) is 12.9 Å². The number of sulfone groups is 1. The summed E-state index contributed by atoms with van der Waals surface area (Å²) in [6, 6.07) is 13.6. The Hall–Kier alpha value is -2.87. The first-order valence-electron chi connectivity index (χ1n) is 7.95. The normalized spacial score (nSPS) is 11.3. The molecule has 0 amide bonds. The van der Waals surface area contributed by atoms with Crippen molar-refractivity contribution in [3.8, 4) is 22.9 Å². The molecule has 1 aromatic heterocycles. The molecule has 26 heavy (non-hydrogen) atoms. The van der Waals surface area contributed by atoms with Gasteiger partial charge < -0.3 is 14.0 Å². The number of rotatable bonds is 7. The molecular weight excluding hydrogens is 356 g/mol. The minimum Gasteiger partial charge on any atom is -0.493 e. The fourth-order valence-electron chi connectivity index (χ4n) is 2.28. The molecule has 0 atom stereocenters. The molecule has 0 aliphatic heterocycles. The van der Waals surface area contributed by atoms with Crippen molar-refractivity contribution in [1.29, 1.82) is 0 Å². The Morgan fingerprint density at radius 3 is 2.46 bits per heavy atom. The molecule has 136 valence electrons. The molecule has 0 aliphatic rings. The molecule has 2 aromatic carbocycles. The van der Waals surface area contributed by atoms with Crippen LogP contribution in [0.5, 0.6) is 11.5 Å². The largest absolute Gasteiger partial charge is 0.493 e. The highest BCUT2D eigenvalue weighted by Gasteiger charge is 2.14. The van der Waals surface area contributed by atoms with Gasteiger partial charge in [-0.1, -0.05) is 17.3 Å². The topological polar surface area (TPSA) is 91.5 Å². The molecule has 0 fully saturated rings. The maximum absolute atomic E-state index is 11.5. The summed E-state index contributed by atoms with van der Waals surface area (Å²) in [5.41, 5.74) is 0.738. The van der Waals surface area contributed by atoms with Crippen LogP contribution in [0.3, 0.4) is 0 Å². The first-order valence-corrected chi connectivity index (χ1v) is 9.84. The zero-order valence-electron chi connectivity index (χ0n) is 14.4. The van der Waals surface area contributed by atoms with E-state index in [1.54, 1.807) is 12.1 Å². The zero-order valence-corrected chi connectivity index (χ0v) is 15.2. The van der Waals surface area contributed by atoms with Crippen LogP contribution in [0.2, 0.25) is 0 Å². The molecular formula is C18H18N2O5S. The molecule has 0 N–H and O–H groups in total. The number of ether oxygens (including phenoxy) is 2. The van der Waals surface area contributed by atoms with Gasteiger partial charge in [0.25, 0.3) is 5.89 Å². The van der Waals surface area contributed by atoms with Crippen LogP contribution in [0.25, 0.3) is 11.4 Å². The van der Waals surface area contributed by atoms with Gasteiger partial charge in [0.1, 0.15) is 11.5 Å². The minimum atomic E-state index is -3.23. The third-order valence-electron chi connectivity index (χ3n) is 3.51. The van der Waals surface area contributed by atoms with Gasteiger partial charge in [-0.2, -0.15) is 4.98 Å². The summed E-state index contributed by atoms with van der Waals surface area (Å²) in [6.07, 6.45) is 1.16. The third kappa shape index (κ3) is 4.20. The second kappa shape index (κ2) is 7.57. The van der Waals surface area contributed by atoms with Gasteiger partial charge in [0.15, 0.2) is 16.4 Å². The summed E-state index contributed by atoms with van der Waals surface area (Å²) < 4.78 is 39.2. The van der Waals surface area contributed by atoms with E-state index in [2.05, 4.69) is 10.1 Å². The van der Waals surface area contributed by atoms with Crippen molar-refractivity contribution < 1.29 is 22.4 Å². The minimum absolute atomic E-state index is 0.0715. The first kappa shape index (κ1) is 17.9. The van der Waals surface area contributed by atoms with Crippen LogP contribution in [0, 0.1) is 0 Å². The average Bonchev–Trinajstić information content (AvgIpc) is 3.09. The standard InChI is InChI=1S/C18H18N2O5S/c1-3-23-16-7-5-4-6-15(16)18-19-17(25-20-18)12-24-13-8-10-14(11-9-13)26(2,21)22/h4-11H,3,12H2,1-2H3. The van der Waals surface area contributed by atoms with Crippen molar-refractivity contribution in [3.05, 3.63) is 54.4 Å². The molecule has 0 unspecified atom stereocenters. The van der Waals surface area contributed by atoms with Crippen molar-refractivity contribution in [3.63, 3.8) is 0 Å². The van der Waals surface area contributed by atoms with E-state index in [1.165, 1.54) is 12.1 Å². The lowest BCUT2D eigenvalue weighted by atomic mass is 10.2. The van der Waals surface area contributed by atoms with E-state index in [1.807, 2.05) is 31.2 Å². The highest BCUT2D eigenvalue weighted by Crippen LogP contribution is 2.27. The monoisotopic (exact) mass is 374 g/mol. The maximum atomic E-state index is 11.5. The second-order valence-electron chi connectivity index (χ2n) is 5.47. The number of para-hydroxylation sites is 1. The summed E-state index contributed by atoms with van der Waals surface area (Å²) in [7, 11) is -3.23. The maximum Gasteiger partial charge on any atom is 0.264 e. The van der Waals surface area contributed by atoms with Gasteiger partial charge in [-0.15, -0.1) is 0 Å². The Balaban J connectivity index is 1.70. The van der Waals surface area contributed by atoms with Gasteiger partial charge in [0.05, 0.1) is 17.1 Å². The molecule has 3 rings (SSSR count). The summed E-state index contributed by atoms with van der Waals surface area (Å²) >= 11 is 0. The third-order valence-corrected chi connectivity index (χ3v) is 4.64. The zero-order chi connectivity index (χ0) is 18.6. The van der Waals surface area contributed by atoms with Crippen LogP contribution in [-0.2, 0) is 16.4 Å². The smallest absolute Gasteiger partial charge is 0.264 e. The van der Waals surface area contributed by atoms with Crippen molar-refractivity contribution >= 4 is 9.84 Å². The van der Waals surface area contributed by atoms with E-state index in [4.69, 9.17) is 14.0 Å². The molecule has 0 bridgehead atoms. The average molecular weight is 374 g/mol. The number of aromatic nitrogens is 2. The molecule has 1 heterocycles. The second-order valence-corrected chi connectivity index (χ2v) is 7.49. The lowest BCUT2D eigenvalue weighted by Gasteiger charge is -2.06. The van der Waals surface area contributed by atoms with Gasteiger partial charge in [-0.05, 0) is 43.3 Å². The van der Waals surface area contributed by atoms with E-state index < -0.39 is 9.84 Å².